The van der Waals surface area contributed by atoms with E-state index in [0.717, 1.165) is 22.0 Å². The van der Waals surface area contributed by atoms with E-state index < -0.39 is 0 Å². The number of hydrogen-bond donors (Lipinski definition) is 1. The van der Waals surface area contributed by atoms with Crippen molar-refractivity contribution in [3.63, 3.8) is 0 Å². The lowest BCUT2D eigenvalue weighted by atomic mass is 10.1. The molecule has 0 unspecified atom stereocenters. The molecule has 4 nitrogen and oxygen atoms in total. The van der Waals surface area contributed by atoms with Crippen LogP contribution in [0.2, 0.25) is 5.02 Å². The van der Waals surface area contributed by atoms with Gasteiger partial charge in [0.25, 0.3) is 0 Å². The van der Waals surface area contributed by atoms with Gasteiger partial charge in [0, 0.05) is 10.9 Å². The monoisotopic (exact) mass is 279 g/mol. The second-order valence-corrected chi connectivity index (χ2v) is 5.03. The maximum atomic E-state index is 6.27. The number of nitrogens with zero attached hydrogens (tertiary/aromatic N) is 2. The summed E-state index contributed by atoms with van der Waals surface area (Å²) < 4.78 is 7.08. The predicted octanol–water partition coefficient (Wildman–Crippen LogP) is 3.31. The van der Waals surface area contributed by atoms with E-state index in [-0.39, 0.29) is 0 Å². The molecule has 0 radical (unpaired) electrons. The van der Waals surface area contributed by atoms with E-state index in [1.165, 1.54) is 11.3 Å². The summed E-state index contributed by atoms with van der Waals surface area (Å²) >= 11 is 7.80. The molecule has 18 heavy (non-hydrogen) atoms. The first kappa shape index (κ1) is 11.4. The third-order valence-corrected chi connectivity index (χ3v) is 3.83. The van der Waals surface area contributed by atoms with Gasteiger partial charge in [0.05, 0.1) is 24.0 Å². The quantitative estimate of drug-likeness (QED) is 0.783. The van der Waals surface area contributed by atoms with Crippen LogP contribution in [0.25, 0.3) is 16.2 Å². The van der Waals surface area contributed by atoms with Crippen LogP contribution in [-0.2, 0) is 0 Å². The van der Waals surface area contributed by atoms with Gasteiger partial charge in [-0.15, -0.1) is 11.3 Å². The van der Waals surface area contributed by atoms with Crippen molar-refractivity contribution in [2.75, 3.05) is 12.8 Å². The van der Waals surface area contributed by atoms with E-state index in [9.17, 15) is 0 Å². The minimum absolute atomic E-state index is 0.507. The molecule has 92 valence electrons. The van der Waals surface area contributed by atoms with Gasteiger partial charge in [-0.25, -0.2) is 4.98 Å². The molecule has 2 N–H and O–H groups in total. The number of aromatic nitrogens is 2. The maximum Gasteiger partial charge on any atom is 0.196 e. The molecule has 1 aromatic carbocycles. The van der Waals surface area contributed by atoms with E-state index in [0.29, 0.717) is 10.8 Å². The number of benzene rings is 1. The zero-order valence-corrected chi connectivity index (χ0v) is 11.1. The number of anilines is 1. The summed E-state index contributed by atoms with van der Waals surface area (Å²) in [4.78, 5) is 5.07. The highest BCUT2D eigenvalue weighted by molar-refractivity contribution is 7.15. The first-order valence-corrected chi connectivity index (χ1v) is 6.51. The fraction of sp³-hybridized carbons (Fsp3) is 0.0833. The Hall–Kier alpha value is -1.72. The average molecular weight is 280 g/mol. The highest BCUT2D eigenvalue weighted by Crippen LogP contribution is 2.34. The largest absolute Gasteiger partial charge is 0.497 e. The van der Waals surface area contributed by atoms with E-state index in [4.69, 9.17) is 22.1 Å². The van der Waals surface area contributed by atoms with Crippen LogP contribution in [0.3, 0.4) is 0 Å². The highest BCUT2D eigenvalue weighted by Gasteiger charge is 2.12. The Morgan fingerprint density at radius 3 is 3.00 bits per heavy atom. The summed E-state index contributed by atoms with van der Waals surface area (Å²) in [5.74, 6) is 1.24. The van der Waals surface area contributed by atoms with Gasteiger partial charge in [0.15, 0.2) is 4.96 Å². The summed E-state index contributed by atoms with van der Waals surface area (Å²) in [6.45, 7) is 0. The lowest BCUT2D eigenvalue weighted by Crippen LogP contribution is -1.88. The molecule has 0 saturated carbocycles. The summed E-state index contributed by atoms with van der Waals surface area (Å²) in [5, 5.41) is 2.65. The Balaban J connectivity index is 2.19. The second-order valence-electron chi connectivity index (χ2n) is 3.79. The van der Waals surface area contributed by atoms with Gasteiger partial charge < -0.3 is 10.5 Å². The summed E-state index contributed by atoms with van der Waals surface area (Å²) in [6.07, 6.45) is 1.79. The number of fused-ring (bicyclic) bond motifs is 1. The fourth-order valence-corrected chi connectivity index (χ4v) is 2.97. The van der Waals surface area contributed by atoms with E-state index in [1.807, 2.05) is 21.9 Å². The van der Waals surface area contributed by atoms with Gasteiger partial charge >= 0.3 is 0 Å². The minimum Gasteiger partial charge on any atom is -0.497 e. The van der Waals surface area contributed by atoms with Crippen LogP contribution in [-0.4, -0.2) is 16.5 Å². The predicted molar refractivity (Wildman–Crippen MR) is 74.5 cm³/mol. The van der Waals surface area contributed by atoms with Gasteiger partial charge in [-0.2, -0.15) is 0 Å². The molecule has 2 aromatic heterocycles. The van der Waals surface area contributed by atoms with Crippen molar-refractivity contribution in [2.24, 2.45) is 0 Å². The van der Waals surface area contributed by atoms with E-state index >= 15 is 0 Å². The number of nitrogens with two attached hydrogens (primary N) is 1. The van der Waals surface area contributed by atoms with Crippen LogP contribution in [0.1, 0.15) is 0 Å². The van der Waals surface area contributed by atoms with Gasteiger partial charge in [-0.05, 0) is 18.2 Å². The number of methoxy groups -OCH3 is 1. The van der Waals surface area contributed by atoms with Gasteiger partial charge in [0.1, 0.15) is 11.6 Å². The SMILES string of the molecule is COc1ccc(-c2csc3nc(N)cn23)c(Cl)c1. The lowest BCUT2D eigenvalue weighted by molar-refractivity contribution is 0.415. The van der Waals surface area contributed by atoms with Crippen LogP contribution < -0.4 is 10.5 Å². The number of ether oxygens (including phenoxy) is 1. The normalized spacial score (nSPS) is 11.0. The Labute approximate surface area is 113 Å². The van der Waals surface area contributed by atoms with Crippen LogP contribution in [0.15, 0.2) is 29.8 Å². The lowest BCUT2D eigenvalue weighted by Gasteiger charge is -2.05. The Bertz CT molecular complexity index is 719. The third kappa shape index (κ3) is 1.72. The standard InChI is InChI=1S/C12H10ClN3OS/c1-17-7-2-3-8(9(13)4-7)10-6-18-12-15-11(14)5-16(10)12/h2-6H,14H2,1H3. The molecule has 0 saturated heterocycles. The molecule has 0 spiro atoms. The summed E-state index contributed by atoms with van der Waals surface area (Å²) in [7, 11) is 1.62. The zero-order chi connectivity index (χ0) is 12.7. The second kappa shape index (κ2) is 4.19. The Kier molecular flexibility index (Phi) is 2.65. The van der Waals surface area contributed by atoms with Crippen molar-refractivity contribution in [3.05, 3.63) is 34.8 Å². The summed E-state index contributed by atoms with van der Waals surface area (Å²) in [5.41, 5.74) is 7.60. The highest BCUT2D eigenvalue weighted by atomic mass is 35.5. The van der Waals surface area contributed by atoms with Gasteiger partial charge in [-0.1, -0.05) is 11.6 Å². The topological polar surface area (TPSA) is 52.5 Å². The van der Waals surface area contributed by atoms with Crippen LogP contribution in [0, 0.1) is 0 Å². The molecule has 3 aromatic rings. The van der Waals surface area contributed by atoms with Crippen molar-refractivity contribution in [3.8, 4) is 17.0 Å². The molecule has 0 aliphatic carbocycles. The number of hydrogen-bond acceptors (Lipinski definition) is 4. The molecule has 6 heteroatoms. The van der Waals surface area contributed by atoms with Crippen LogP contribution in [0.4, 0.5) is 5.82 Å². The van der Waals surface area contributed by atoms with E-state index in [1.54, 1.807) is 19.4 Å². The van der Waals surface area contributed by atoms with Crippen molar-refractivity contribution in [2.45, 2.75) is 0 Å². The number of halogens is 1. The molecule has 0 amide bonds. The molecule has 0 bridgehead atoms. The molecule has 0 atom stereocenters. The summed E-state index contributed by atoms with van der Waals surface area (Å²) in [6, 6.07) is 5.60. The molecule has 0 aliphatic rings. The Morgan fingerprint density at radius 2 is 2.28 bits per heavy atom. The van der Waals surface area contributed by atoms with Crippen molar-refractivity contribution >= 4 is 33.7 Å². The number of nitrogen functional groups attached to an aromatic ring is 1. The van der Waals surface area contributed by atoms with Gasteiger partial charge in [0.2, 0.25) is 0 Å². The third-order valence-electron chi connectivity index (χ3n) is 2.68. The molecule has 0 fully saturated rings. The Morgan fingerprint density at radius 1 is 1.44 bits per heavy atom. The molecule has 2 heterocycles. The van der Waals surface area contributed by atoms with Crippen molar-refractivity contribution in [1.29, 1.82) is 0 Å². The first-order chi connectivity index (χ1) is 8.69. The minimum atomic E-state index is 0.507. The first-order valence-electron chi connectivity index (χ1n) is 5.25. The number of rotatable bonds is 2. The van der Waals surface area contributed by atoms with Crippen LogP contribution in [0.5, 0.6) is 5.75 Å². The van der Waals surface area contributed by atoms with Crippen molar-refractivity contribution < 1.29 is 4.74 Å². The molecule has 0 aliphatic heterocycles. The fourth-order valence-electron chi connectivity index (χ4n) is 1.83. The molecule has 3 rings (SSSR count). The van der Waals surface area contributed by atoms with Gasteiger partial charge in [-0.3, -0.25) is 4.40 Å². The van der Waals surface area contributed by atoms with E-state index in [2.05, 4.69) is 4.98 Å². The van der Waals surface area contributed by atoms with Crippen molar-refractivity contribution in [1.82, 2.24) is 9.38 Å². The molecular weight excluding hydrogens is 270 g/mol. The zero-order valence-electron chi connectivity index (χ0n) is 9.55. The number of thiazole rings is 1. The van der Waals surface area contributed by atoms with Crippen LogP contribution >= 0.6 is 22.9 Å². The smallest absolute Gasteiger partial charge is 0.196 e. The maximum absolute atomic E-state index is 6.27. The number of imidazole rings is 1. The average Bonchev–Trinajstić information content (AvgIpc) is 2.88. The molecular formula is C12H10ClN3OS.